The Bertz CT molecular complexity index is 353. The Morgan fingerprint density at radius 1 is 1.05 bits per heavy atom. The third-order valence-corrected chi connectivity index (χ3v) is 4.69. The highest BCUT2D eigenvalue weighted by Gasteiger charge is 2.43. The molecule has 2 atom stereocenters. The lowest BCUT2D eigenvalue weighted by atomic mass is 9.72. The second-order valence-electron chi connectivity index (χ2n) is 6.12. The number of carboxylic acid groups (broad SMARTS) is 1. The van der Waals surface area contributed by atoms with Crippen LogP contribution in [0.2, 0.25) is 0 Å². The Morgan fingerprint density at radius 2 is 1.68 bits per heavy atom. The summed E-state index contributed by atoms with van der Waals surface area (Å²) in [7, 11) is 0. The van der Waals surface area contributed by atoms with Gasteiger partial charge in [0.1, 0.15) is 0 Å². The fraction of sp³-hybridized carbons (Fsp3) is 0.857. The molecule has 5 nitrogen and oxygen atoms in total. The summed E-state index contributed by atoms with van der Waals surface area (Å²) in [5.41, 5.74) is -0.828. The van der Waals surface area contributed by atoms with E-state index in [2.05, 4.69) is 10.6 Å². The fourth-order valence-corrected chi connectivity index (χ4v) is 3.28. The standard InChI is InChI=1S/C14H24N2O3/c1-14(12(17)18)9-5-4-8-11(14)16-13(19)15-10-6-2-3-7-10/h10-11H,2-9H2,1H3,(H,17,18)(H2,15,16,19). The lowest BCUT2D eigenvalue weighted by Gasteiger charge is -2.38. The molecule has 0 bridgehead atoms. The van der Waals surface area contributed by atoms with Crippen LogP contribution in [0.3, 0.4) is 0 Å². The number of carbonyl (C=O) groups is 2. The van der Waals surface area contributed by atoms with E-state index in [-0.39, 0.29) is 18.1 Å². The zero-order valence-electron chi connectivity index (χ0n) is 11.6. The van der Waals surface area contributed by atoms with Gasteiger partial charge >= 0.3 is 12.0 Å². The van der Waals surface area contributed by atoms with Crippen molar-refractivity contribution < 1.29 is 14.7 Å². The summed E-state index contributed by atoms with van der Waals surface area (Å²) in [6, 6.07) is -0.203. The van der Waals surface area contributed by atoms with Crippen molar-refractivity contribution in [3.63, 3.8) is 0 Å². The van der Waals surface area contributed by atoms with Crippen LogP contribution in [0.25, 0.3) is 0 Å². The van der Waals surface area contributed by atoms with Gasteiger partial charge in [0.2, 0.25) is 0 Å². The van der Waals surface area contributed by atoms with E-state index >= 15 is 0 Å². The summed E-state index contributed by atoms with van der Waals surface area (Å²) in [4.78, 5) is 23.4. The first-order chi connectivity index (χ1) is 9.02. The summed E-state index contributed by atoms with van der Waals surface area (Å²) in [5, 5.41) is 15.2. The van der Waals surface area contributed by atoms with Crippen molar-refractivity contribution in [1.82, 2.24) is 10.6 Å². The van der Waals surface area contributed by atoms with Crippen molar-refractivity contribution in [3.05, 3.63) is 0 Å². The van der Waals surface area contributed by atoms with Gasteiger partial charge < -0.3 is 15.7 Å². The van der Waals surface area contributed by atoms with E-state index in [9.17, 15) is 14.7 Å². The number of amides is 2. The minimum atomic E-state index is -0.828. The first kappa shape index (κ1) is 14.2. The molecule has 0 aromatic carbocycles. The molecule has 108 valence electrons. The van der Waals surface area contributed by atoms with Crippen LogP contribution in [0.1, 0.15) is 58.3 Å². The van der Waals surface area contributed by atoms with Gasteiger partial charge in [-0.15, -0.1) is 0 Å². The van der Waals surface area contributed by atoms with Crippen molar-refractivity contribution in [1.29, 1.82) is 0 Å². The molecule has 0 heterocycles. The number of nitrogens with one attached hydrogen (secondary N) is 2. The largest absolute Gasteiger partial charge is 0.481 e. The predicted octanol–water partition coefficient (Wildman–Crippen LogP) is 2.26. The van der Waals surface area contributed by atoms with Crippen LogP contribution in [0.15, 0.2) is 0 Å². The Morgan fingerprint density at radius 3 is 2.32 bits per heavy atom. The molecule has 5 heteroatoms. The summed E-state index contributed by atoms with van der Waals surface area (Å²) >= 11 is 0. The summed E-state index contributed by atoms with van der Waals surface area (Å²) in [6.07, 6.45) is 7.70. The molecule has 0 spiro atoms. The smallest absolute Gasteiger partial charge is 0.315 e. The maximum absolute atomic E-state index is 12.0. The third kappa shape index (κ3) is 3.19. The molecule has 0 aromatic rings. The average Bonchev–Trinajstić information content (AvgIpc) is 2.84. The van der Waals surface area contributed by atoms with Crippen molar-refractivity contribution in [2.45, 2.75) is 70.4 Å². The highest BCUT2D eigenvalue weighted by molar-refractivity contribution is 5.79. The van der Waals surface area contributed by atoms with E-state index in [4.69, 9.17) is 0 Å². The van der Waals surface area contributed by atoms with E-state index in [1.165, 1.54) is 12.8 Å². The second kappa shape index (κ2) is 5.80. The van der Waals surface area contributed by atoms with Crippen LogP contribution < -0.4 is 10.6 Å². The number of rotatable bonds is 3. The molecule has 2 amide bonds. The molecular formula is C14H24N2O3. The quantitative estimate of drug-likeness (QED) is 0.734. The molecule has 2 unspecified atom stereocenters. The van der Waals surface area contributed by atoms with Crippen LogP contribution in [-0.4, -0.2) is 29.2 Å². The molecule has 2 saturated carbocycles. The van der Waals surface area contributed by atoms with E-state index in [0.717, 1.165) is 32.1 Å². The molecule has 0 aromatic heterocycles. The number of urea groups is 1. The minimum absolute atomic E-state index is 0.203. The topological polar surface area (TPSA) is 78.4 Å². The molecule has 2 fully saturated rings. The molecule has 19 heavy (non-hydrogen) atoms. The number of hydrogen-bond donors (Lipinski definition) is 3. The molecular weight excluding hydrogens is 244 g/mol. The zero-order chi connectivity index (χ0) is 13.9. The van der Waals surface area contributed by atoms with Crippen LogP contribution in [0, 0.1) is 5.41 Å². The van der Waals surface area contributed by atoms with Crippen LogP contribution in [0.4, 0.5) is 4.79 Å². The van der Waals surface area contributed by atoms with Crippen LogP contribution in [0.5, 0.6) is 0 Å². The molecule has 0 radical (unpaired) electrons. The number of carboxylic acids is 1. The molecule has 3 N–H and O–H groups in total. The van der Waals surface area contributed by atoms with Gasteiger partial charge in [-0.25, -0.2) is 4.79 Å². The Labute approximate surface area is 114 Å². The van der Waals surface area contributed by atoms with Crippen molar-refractivity contribution >= 4 is 12.0 Å². The first-order valence-corrected chi connectivity index (χ1v) is 7.33. The number of carbonyl (C=O) groups excluding carboxylic acids is 1. The maximum atomic E-state index is 12.0. The SMILES string of the molecule is CC1(C(=O)O)CCCCC1NC(=O)NC1CCCC1. The van der Waals surface area contributed by atoms with Crippen molar-refractivity contribution in [2.24, 2.45) is 5.41 Å². The first-order valence-electron chi connectivity index (χ1n) is 7.33. The second-order valence-corrected chi connectivity index (χ2v) is 6.12. The monoisotopic (exact) mass is 268 g/mol. The normalized spacial score (nSPS) is 31.9. The van der Waals surface area contributed by atoms with Crippen molar-refractivity contribution in [2.75, 3.05) is 0 Å². The van der Waals surface area contributed by atoms with Gasteiger partial charge in [-0.3, -0.25) is 4.79 Å². The van der Waals surface area contributed by atoms with Gasteiger partial charge in [-0.1, -0.05) is 25.7 Å². The molecule has 2 aliphatic carbocycles. The summed E-state index contributed by atoms with van der Waals surface area (Å²) < 4.78 is 0. The lowest BCUT2D eigenvalue weighted by Crippen LogP contribution is -2.55. The molecule has 0 aliphatic heterocycles. The highest BCUT2D eigenvalue weighted by atomic mass is 16.4. The Kier molecular flexibility index (Phi) is 4.32. The van der Waals surface area contributed by atoms with Gasteiger partial charge in [0.15, 0.2) is 0 Å². The molecule has 0 saturated heterocycles. The van der Waals surface area contributed by atoms with Gasteiger partial charge in [0.05, 0.1) is 5.41 Å². The number of hydrogen-bond acceptors (Lipinski definition) is 2. The van der Waals surface area contributed by atoms with Gasteiger partial charge in [0.25, 0.3) is 0 Å². The van der Waals surface area contributed by atoms with E-state index in [1.807, 2.05) is 0 Å². The fourth-order valence-electron chi connectivity index (χ4n) is 3.28. The summed E-state index contributed by atoms with van der Waals surface area (Å²) in [6.45, 7) is 1.75. The van der Waals surface area contributed by atoms with Crippen LogP contribution in [-0.2, 0) is 4.79 Å². The van der Waals surface area contributed by atoms with Gasteiger partial charge in [-0.05, 0) is 32.6 Å². The van der Waals surface area contributed by atoms with E-state index in [1.54, 1.807) is 6.92 Å². The summed E-state index contributed by atoms with van der Waals surface area (Å²) in [5.74, 6) is -0.807. The Balaban J connectivity index is 1.91. The van der Waals surface area contributed by atoms with Gasteiger partial charge in [0, 0.05) is 12.1 Å². The lowest BCUT2D eigenvalue weighted by molar-refractivity contribution is -0.151. The van der Waals surface area contributed by atoms with Crippen molar-refractivity contribution in [3.8, 4) is 0 Å². The predicted molar refractivity (Wildman–Crippen MR) is 71.9 cm³/mol. The Hall–Kier alpha value is -1.26. The molecule has 2 rings (SSSR count). The van der Waals surface area contributed by atoms with Gasteiger partial charge in [-0.2, -0.15) is 0 Å². The van der Waals surface area contributed by atoms with E-state index < -0.39 is 11.4 Å². The minimum Gasteiger partial charge on any atom is -0.481 e. The zero-order valence-corrected chi connectivity index (χ0v) is 11.6. The number of aliphatic carboxylic acids is 1. The molecule has 2 aliphatic rings. The average molecular weight is 268 g/mol. The van der Waals surface area contributed by atoms with Crippen LogP contribution >= 0.6 is 0 Å². The third-order valence-electron chi connectivity index (χ3n) is 4.69. The van der Waals surface area contributed by atoms with E-state index in [0.29, 0.717) is 6.42 Å². The highest BCUT2D eigenvalue weighted by Crippen LogP contribution is 2.36. The maximum Gasteiger partial charge on any atom is 0.315 e.